The Kier molecular flexibility index (Phi) is 5.54. The van der Waals surface area contributed by atoms with Gasteiger partial charge in [0.2, 0.25) is 5.91 Å². The van der Waals surface area contributed by atoms with E-state index in [-0.39, 0.29) is 17.9 Å². The van der Waals surface area contributed by atoms with E-state index in [4.69, 9.17) is 0 Å². The number of amides is 3. The monoisotopic (exact) mass is 335 g/mol. The van der Waals surface area contributed by atoms with Crippen molar-refractivity contribution in [3.8, 4) is 0 Å². The fourth-order valence-electron chi connectivity index (χ4n) is 3.45. The van der Waals surface area contributed by atoms with Gasteiger partial charge in [0.05, 0.1) is 12.5 Å². The lowest BCUT2D eigenvalue weighted by molar-refractivity contribution is -0.127. The van der Waals surface area contributed by atoms with Gasteiger partial charge < -0.3 is 15.5 Å². The van der Waals surface area contributed by atoms with Crippen LogP contribution in [0.4, 0.5) is 4.79 Å². The van der Waals surface area contributed by atoms with E-state index < -0.39 is 0 Å². The predicted molar refractivity (Wildman–Crippen MR) is 91.3 cm³/mol. The molecule has 2 heterocycles. The second-order valence-corrected chi connectivity index (χ2v) is 7.55. The molecule has 5 nitrogen and oxygen atoms in total. The van der Waals surface area contributed by atoms with Crippen LogP contribution >= 0.6 is 11.3 Å². The number of nitrogens with one attached hydrogen (secondary N) is 2. The lowest BCUT2D eigenvalue weighted by atomic mass is 9.97. The Labute approximate surface area is 141 Å². The number of rotatable bonds is 4. The SMILES string of the molecule is O=C(NC1CCCC1)C1CCCN(C(=O)NCc2cccs2)C1. The summed E-state index contributed by atoms with van der Waals surface area (Å²) in [5.74, 6) is 0.0736. The fourth-order valence-corrected chi connectivity index (χ4v) is 4.10. The van der Waals surface area contributed by atoms with Crippen molar-refractivity contribution in [2.75, 3.05) is 13.1 Å². The molecule has 1 aliphatic heterocycles. The molecule has 0 bridgehead atoms. The number of carbonyl (C=O) groups is 2. The summed E-state index contributed by atoms with van der Waals surface area (Å²) in [5.41, 5.74) is 0. The Morgan fingerprint density at radius 3 is 2.78 bits per heavy atom. The highest BCUT2D eigenvalue weighted by Gasteiger charge is 2.30. The average molecular weight is 335 g/mol. The highest BCUT2D eigenvalue weighted by Crippen LogP contribution is 2.21. The summed E-state index contributed by atoms with van der Waals surface area (Å²) in [4.78, 5) is 27.6. The number of nitrogens with zero attached hydrogens (tertiary/aromatic N) is 1. The quantitative estimate of drug-likeness (QED) is 0.889. The van der Waals surface area contributed by atoms with Gasteiger partial charge in [-0.3, -0.25) is 4.79 Å². The minimum absolute atomic E-state index is 0.0585. The first-order valence-corrected chi connectivity index (χ1v) is 9.46. The van der Waals surface area contributed by atoms with Gasteiger partial charge in [0.25, 0.3) is 0 Å². The molecule has 0 radical (unpaired) electrons. The van der Waals surface area contributed by atoms with Crippen LogP contribution in [0.25, 0.3) is 0 Å². The van der Waals surface area contributed by atoms with Crippen molar-refractivity contribution in [1.29, 1.82) is 0 Å². The summed E-state index contributed by atoms with van der Waals surface area (Å²) in [6.45, 7) is 1.84. The van der Waals surface area contributed by atoms with Crippen LogP contribution in [0.3, 0.4) is 0 Å². The maximum absolute atomic E-state index is 12.4. The summed E-state index contributed by atoms with van der Waals surface area (Å²) in [5, 5.41) is 8.13. The topological polar surface area (TPSA) is 61.4 Å². The van der Waals surface area contributed by atoms with E-state index in [0.29, 0.717) is 19.1 Å². The molecule has 1 saturated heterocycles. The Morgan fingerprint density at radius 2 is 2.04 bits per heavy atom. The molecular formula is C17H25N3O2S. The number of likely N-dealkylation sites (tertiary alicyclic amines) is 1. The third-order valence-electron chi connectivity index (χ3n) is 4.77. The molecule has 126 valence electrons. The Bertz CT molecular complexity index is 526. The van der Waals surface area contributed by atoms with Crippen molar-refractivity contribution in [2.24, 2.45) is 5.92 Å². The molecule has 1 aliphatic carbocycles. The van der Waals surface area contributed by atoms with Gasteiger partial charge in [0.1, 0.15) is 0 Å². The van der Waals surface area contributed by atoms with Crippen LogP contribution in [0.1, 0.15) is 43.4 Å². The maximum Gasteiger partial charge on any atom is 0.317 e. The Hall–Kier alpha value is -1.56. The summed E-state index contributed by atoms with van der Waals surface area (Å²) in [6, 6.07) is 4.29. The third kappa shape index (κ3) is 4.47. The normalized spacial score (nSPS) is 22.1. The van der Waals surface area contributed by atoms with E-state index in [2.05, 4.69) is 10.6 Å². The van der Waals surface area contributed by atoms with Crippen LogP contribution in [-0.4, -0.2) is 36.0 Å². The van der Waals surface area contributed by atoms with Crippen LogP contribution in [0.5, 0.6) is 0 Å². The number of thiophene rings is 1. The molecule has 1 aromatic heterocycles. The molecule has 0 aromatic carbocycles. The van der Waals surface area contributed by atoms with Crippen molar-refractivity contribution in [1.82, 2.24) is 15.5 Å². The van der Waals surface area contributed by atoms with Gasteiger partial charge in [-0.15, -0.1) is 11.3 Å². The zero-order chi connectivity index (χ0) is 16.1. The summed E-state index contributed by atoms with van der Waals surface area (Å²) in [6.07, 6.45) is 6.41. The minimum atomic E-state index is -0.0585. The van der Waals surface area contributed by atoms with Crippen molar-refractivity contribution in [2.45, 2.75) is 51.1 Å². The highest BCUT2D eigenvalue weighted by atomic mass is 32.1. The van der Waals surface area contributed by atoms with E-state index >= 15 is 0 Å². The van der Waals surface area contributed by atoms with Gasteiger partial charge >= 0.3 is 6.03 Å². The van der Waals surface area contributed by atoms with Crippen LogP contribution < -0.4 is 10.6 Å². The van der Waals surface area contributed by atoms with Gasteiger partial charge in [-0.1, -0.05) is 18.9 Å². The van der Waals surface area contributed by atoms with Crippen LogP contribution in [0.2, 0.25) is 0 Å². The number of hydrogen-bond acceptors (Lipinski definition) is 3. The third-order valence-corrected chi connectivity index (χ3v) is 5.65. The average Bonchev–Trinajstić information content (AvgIpc) is 3.26. The van der Waals surface area contributed by atoms with Crippen molar-refractivity contribution in [3.05, 3.63) is 22.4 Å². The Morgan fingerprint density at radius 1 is 1.22 bits per heavy atom. The maximum atomic E-state index is 12.4. The minimum Gasteiger partial charge on any atom is -0.353 e. The zero-order valence-corrected chi connectivity index (χ0v) is 14.2. The van der Waals surface area contributed by atoms with Crippen molar-refractivity contribution < 1.29 is 9.59 Å². The molecule has 1 saturated carbocycles. The van der Waals surface area contributed by atoms with E-state index in [1.54, 1.807) is 16.2 Å². The van der Waals surface area contributed by atoms with Crippen LogP contribution in [0, 0.1) is 5.92 Å². The number of urea groups is 1. The lowest BCUT2D eigenvalue weighted by Crippen LogP contribution is -2.49. The van der Waals surface area contributed by atoms with Gasteiger partial charge in [0.15, 0.2) is 0 Å². The molecular weight excluding hydrogens is 310 g/mol. The molecule has 1 atom stereocenters. The predicted octanol–water partition coefficient (Wildman–Crippen LogP) is 2.73. The van der Waals surface area contributed by atoms with E-state index in [9.17, 15) is 9.59 Å². The second kappa shape index (κ2) is 7.81. The fraction of sp³-hybridized carbons (Fsp3) is 0.647. The van der Waals surface area contributed by atoms with Crippen molar-refractivity contribution in [3.63, 3.8) is 0 Å². The van der Waals surface area contributed by atoms with E-state index in [0.717, 1.165) is 37.1 Å². The molecule has 2 fully saturated rings. The van der Waals surface area contributed by atoms with Gasteiger partial charge in [-0.05, 0) is 37.1 Å². The molecule has 3 amide bonds. The molecule has 2 aliphatic rings. The number of piperidine rings is 1. The number of carbonyl (C=O) groups excluding carboxylic acids is 2. The summed E-state index contributed by atoms with van der Waals surface area (Å²) in [7, 11) is 0. The molecule has 2 N–H and O–H groups in total. The van der Waals surface area contributed by atoms with Gasteiger partial charge in [0, 0.05) is 24.0 Å². The molecule has 1 unspecified atom stereocenters. The zero-order valence-electron chi connectivity index (χ0n) is 13.4. The molecule has 23 heavy (non-hydrogen) atoms. The van der Waals surface area contributed by atoms with E-state index in [1.807, 2.05) is 17.5 Å². The largest absolute Gasteiger partial charge is 0.353 e. The van der Waals surface area contributed by atoms with Gasteiger partial charge in [-0.2, -0.15) is 0 Å². The molecule has 3 rings (SSSR count). The summed E-state index contributed by atoms with van der Waals surface area (Å²) >= 11 is 1.64. The standard InChI is InChI=1S/C17H25N3O2S/c21-16(19-14-6-1-2-7-14)13-5-3-9-20(12-13)17(22)18-11-15-8-4-10-23-15/h4,8,10,13-14H,1-3,5-7,9,11-12H2,(H,18,22)(H,19,21). The summed E-state index contributed by atoms with van der Waals surface area (Å²) < 4.78 is 0. The smallest absolute Gasteiger partial charge is 0.317 e. The lowest BCUT2D eigenvalue weighted by Gasteiger charge is -2.32. The molecule has 1 aromatic rings. The van der Waals surface area contributed by atoms with E-state index in [1.165, 1.54) is 12.8 Å². The molecule has 6 heteroatoms. The van der Waals surface area contributed by atoms with Crippen LogP contribution in [-0.2, 0) is 11.3 Å². The van der Waals surface area contributed by atoms with Gasteiger partial charge in [-0.25, -0.2) is 4.79 Å². The van der Waals surface area contributed by atoms with Crippen LogP contribution in [0.15, 0.2) is 17.5 Å². The Balaban J connectivity index is 1.46. The first-order chi connectivity index (χ1) is 11.2. The second-order valence-electron chi connectivity index (χ2n) is 6.51. The molecule has 0 spiro atoms. The first kappa shape index (κ1) is 16.3. The number of hydrogen-bond donors (Lipinski definition) is 2. The highest BCUT2D eigenvalue weighted by molar-refractivity contribution is 7.09. The van der Waals surface area contributed by atoms with Crippen molar-refractivity contribution >= 4 is 23.3 Å². The first-order valence-electron chi connectivity index (χ1n) is 8.58.